The molecule has 0 aliphatic rings. The van der Waals surface area contributed by atoms with E-state index in [0.717, 1.165) is 0 Å². The van der Waals surface area contributed by atoms with Gasteiger partial charge in [0.2, 0.25) is 0 Å². The number of halogens is 2. The van der Waals surface area contributed by atoms with Crippen molar-refractivity contribution in [3.63, 3.8) is 0 Å². The van der Waals surface area contributed by atoms with Crippen molar-refractivity contribution >= 4 is 39.3 Å². The number of rotatable bonds is 3. The quantitative estimate of drug-likeness (QED) is 0.931. The molecule has 0 spiro atoms. The van der Waals surface area contributed by atoms with E-state index < -0.39 is 5.97 Å². The number of carbonyl (C=O) groups excluding carboxylic acids is 1. The van der Waals surface area contributed by atoms with Crippen molar-refractivity contribution < 1.29 is 14.7 Å². The summed E-state index contributed by atoms with van der Waals surface area (Å²) in [5.74, 6) is -1.08. The highest BCUT2D eigenvalue weighted by atomic mass is 79.9. The Labute approximate surface area is 100 Å². The zero-order valence-electron chi connectivity index (χ0n) is 7.88. The van der Waals surface area contributed by atoms with Crippen LogP contribution in [-0.4, -0.2) is 16.9 Å². The monoisotopic (exact) mass is 290 g/mol. The number of Topliss-reactive ketones (excluding diaryl/α,β-unsaturated/α-hetero) is 1. The van der Waals surface area contributed by atoms with E-state index in [4.69, 9.17) is 16.7 Å². The smallest absolute Gasteiger partial charge is 0.336 e. The van der Waals surface area contributed by atoms with E-state index in [1.54, 1.807) is 6.07 Å². The Balaban J connectivity index is 3.21. The van der Waals surface area contributed by atoms with Crippen LogP contribution in [0.2, 0.25) is 5.02 Å². The summed E-state index contributed by atoms with van der Waals surface area (Å²) in [7, 11) is 0. The molecule has 0 aliphatic carbocycles. The first kappa shape index (κ1) is 12.2. The number of hydrogen-bond donors (Lipinski definition) is 1. The van der Waals surface area contributed by atoms with Crippen LogP contribution in [0, 0.1) is 0 Å². The summed E-state index contributed by atoms with van der Waals surface area (Å²) in [5, 5.41) is 9.09. The van der Waals surface area contributed by atoms with Gasteiger partial charge in [-0.2, -0.15) is 0 Å². The van der Waals surface area contributed by atoms with Gasteiger partial charge in [0.1, 0.15) is 5.78 Å². The number of aromatic carboxylic acids is 1. The van der Waals surface area contributed by atoms with Crippen LogP contribution in [0.15, 0.2) is 16.6 Å². The summed E-state index contributed by atoms with van der Waals surface area (Å²) in [6, 6.07) is 2.98. The van der Waals surface area contributed by atoms with E-state index in [0.29, 0.717) is 10.0 Å². The molecule has 0 radical (unpaired) electrons. The second-order valence-corrected chi connectivity index (χ2v) is 4.26. The lowest BCUT2D eigenvalue weighted by Gasteiger charge is -2.06. The molecule has 0 aromatic heterocycles. The Hall–Kier alpha value is -0.870. The van der Waals surface area contributed by atoms with Gasteiger partial charge in [-0.25, -0.2) is 4.79 Å². The van der Waals surface area contributed by atoms with Gasteiger partial charge in [0.15, 0.2) is 0 Å². The van der Waals surface area contributed by atoms with Crippen LogP contribution in [0.4, 0.5) is 0 Å². The van der Waals surface area contributed by atoms with E-state index in [9.17, 15) is 9.59 Å². The highest BCUT2D eigenvalue weighted by Crippen LogP contribution is 2.30. The van der Waals surface area contributed by atoms with E-state index in [2.05, 4.69) is 15.9 Å². The zero-order chi connectivity index (χ0) is 11.6. The minimum atomic E-state index is -1.06. The van der Waals surface area contributed by atoms with Gasteiger partial charge in [0, 0.05) is 6.42 Å². The molecule has 1 aromatic rings. The molecule has 0 fully saturated rings. The molecular weight excluding hydrogens is 283 g/mol. The van der Waals surface area contributed by atoms with E-state index >= 15 is 0 Å². The van der Waals surface area contributed by atoms with Crippen molar-refractivity contribution in [2.45, 2.75) is 13.3 Å². The number of hydrogen-bond acceptors (Lipinski definition) is 2. The number of carboxylic acids is 1. The molecule has 3 nitrogen and oxygen atoms in total. The number of ketones is 1. The van der Waals surface area contributed by atoms with Gasteiger partial charge in [-0.05, 0) is 34.5 Å². The third kappa shape index (κ3) is 2.79. The summed E-state index contributed by atoms with van der Waals surface area (Å²) < 4.78 is 0.315. The fourth-order valence-electron chi connectivity index (χ4n) is 1.16. The third-order valence-corrected chi connectivity index (χ3v) is 3.32. The van der Waals surface area contributed by atoms with Gasteiger partial charge in [0.05, 0.1) is 15.1 Å². The highest BCUT2D eigenvalue weighted by molar-refractivity contribution is 9.10. The predicted octanol–water partition coefficient (Wildman–Crippen LogP) is 2.93. The Morgan fingerprint density at radius 1 is 1.47 bits per heavy atom. The molecule has 1 rings (SSSR count). The first-order chi connectivity index (χ1) is 6.93. The molecule has 1 N–H and O–H groups in total. The Morgan fingerprint density at radius 3 is 2.53 bits per heavy atom. The molecule has 15 heavy (non-hydrogen) atoms. The van der Waals surface area contributed by atoms with Crippen molar-refractivity contribution in [1.29, 1.82) is 0 Å². The standard InChI is InChI=1S/C10H8BrClO3/c1-5(13)4-6-2-3-7(10(14)15)8(11)9(6)12/h2-3H,4H2,1H3,(H,14,15). The maximum absolute atomic E-state index is 10.9. The molecular formula is C10H8BrClO3. The van der Waals surface area contributed by atoms with E-state index in [1.165, 1.54) is 13.0 Å². The van der Waals surface area contributed by atoms with Crippen molar-refractivity contribution in [3.05, 3.63) is 32.8 Å². The SMILES string of the molecule is CC(=O)Cc1ccc(C(=O)O)c(Br)c1Cl. The molecule has 0 heterocycles. The Bertz CT molecular complexity index is 429. The molecule has 80 valence electrons. The lowest BCUT2D eigenvalue weighted by Crippen LogP contribution is -2.02. The van der Waals surface area contributed by atoms with Crippen LogP contribution >= 0.6 is 27.5 Å². The van der Waals surface area contributed by atoms with Crippen molar-refractivity contribution in [2.24, 2.45) is 0 Å². The lowest BCUT2D eigenvalue weighted by atomic mass is 10.1. The van der Waals surface area contributed by atoms with Crippen molar-refractivity contribution in [2.75, 3.05) is 0 Å². The number of carbonyl (C=O) groups is 2. The average Bonchev–Trinajstić information content (AvgIpc) is 2.12. The zero-order valence-corrected chi connectivity index (χ0v) is 10.2. The Morgan fingerprint density at radius 2 is 2.07 bits per heavy atom. The first-order valence-electron chi connectivity index (χ1n) is 4.13. The van der Waals surface area contributed by atoms with Crippen LogP contribution in [-0.2, 0) is 11.2 Å². The van der Waals surface area contributed by atoms with Gasteiger partial charge in [-0.1, -0.05) is 17.7 Å². The fraction of sp³-hybridized carbons (Fsp3) is 0.200. The highest BCUT2D eigenvalue weighted by Gasteiger charge is 2.14. The van der Waals surface area contributed by atoms with Crippen molar-refractivity contribution in [1.82, 2.24) is 0 Å². The number of benzene rings is 1. The molecule has 0 saturated heterocycles. The topological polar surface area (TPSA) is 54.4 Å². The summed E-state index contributed by atoms with van der Waals surface area (Å²) >= 11 is 9.02. The first-order valence-corrected chi connectivity index (χ1v) is 5.30. The summed E-state index contributed by atoms with van der Waals surface area (Å²) in [4.78, 5) is 21.7. The third-order valence-electron chi connectivity index (χ3n) is 1.83. The minimum Gasteiger partial charge on any atom is -0.478 e. The maximum Gasteiger partial charge on any atom is 0.336 e. The summed E-state index contributed by atoms with van der Waals surface area (Å²) in [5.41, 5.74) is 0.716. The molecule has 0 amide bonds. The van der Waals surface area contributed by atoms with Crippen LogP contribution in [0.25, 0.3) is 0 Å². The largest absolute Gasteiger partial charge is 0.478 e. The van der Waals surface area contributed by atoms with Crippen molar-refractivity contribution in [3.8, 4) is 0 Å². The Kier molecular flexibility index (Phi) is 3.88. The van der Waals surface area contributed by atoms with Gasteiger partial charge >= 0.3 is 5.97 Å². The fourth-order valence-corrected chi connectivity index (χ4v) is 1.95. The molecule has 0 saturated carbocycles. The maximum atomic E-state index is 10.9. The van der Waals surface area contributed by atoms with E-state index in [1.807, 2.05) is 0 Å². The average molecular weight is 292 g/mol. The molecule has 1 aromatic carbocycles. The van der Waals surface area contributed by atoms with Gasteiger partial charge in [-0.3, -0.25) is 4.79 Å². The molecule has 0 unspecified atom stereocenters. The second kappa shape index (κ2) is 4.77. The lowest BCUT2D eigenvalue weighted by molar-refractivity contribution is -0.116. The van der Waals surface area contributed by atoms with Crippen LogP contribution in [0.1, 0.15) is 22.8 Å². The predicted molar refractivity (Wildman–Crippen MR) is 60.5 cm³/mol. The van der Waals surface area contributed by atoms with E-state index in [-0.39, 0.29) is 22.8 Å². The van der Waals surface area contributed by atoms with Crippen LogP contribution in [0.3, 0.4) is 0 Å². The summed E-state index contributed by atoms with van der Waals surface area (Å²) in [6.07, 6.45) is 0.206. The van der Waals surface area contributed by atoms with Crippen LogP contribution in [0.5, 0.6) is 0 Å². The molecule has 0 aliphatic heterocycles. The summed E-state index contributed by atoms with van der Waals surface area (Å²) in [6.45, 7) is 1.45. The van der Waals surface area contributed by atoms with Gasteiger partial charge in [0.25, 0.3) is 0 Å². The van der Waals surface area contributed by atoms with Crippen LogP contribution < -0.4 is 0 Å². The van der Waals surface area contributed by atoms with Gasteiger partial charge in [-0.15, -0.1) is 0 Å². The molecule has 0 atom stereocenters. The normalized spacial score (nSPS) is 10.1. The minimum absolute atomic E-state index is 0.0214. The second-order valence-electron chi connectivity index (χ2n) is 3.08. The van der Waals surface area contributed by atoms with Gasteiger partial charge < -0.3 is 5.11 Å². The molecule has 0 bridgehead atoms. The number of carboxylic acid groups (broad SMARTS) is 1. The molecule has 5 heteroatoms.